The highest BCUT2D eigenvalue weighted by atomic mass is 16.5. The summed E-state index contributed by atoms with van der Waals surface area (Å²) in [6.07, 6.45) is 1.45. The zero-order chi connectivity index (χ0) is 19.8. The van der Waals surface area contributed by atoms with Gasteiger partial charge in [-0.2, -0.15) is 5.10 Å². The molecule has 8 heteroatoms. The molecule has 0 unspecified atom stereocenters. The van der Waals surface area contributed by atoms with Gasteiger partial charge in [0, 0.05) is 23.3 Å². The Labute approximate surface area is 157 Å². The molecular weight excluding hydrogens is 352 g/mol. The lowest BCUT2D eigenvalue weighted by atomic mass is 10.2. The third-order valence-electron chi connectivity index (χ3n) is 3.72. The largest absolute Gasteiger partial charge is 0.497 e. The first kappa shape index (κ1) is 19.9. The Morgan fingerprint density at radius 3 is 1.85 bits per heavy atom. The van der Waals surface area contributed by atoms with Crippen molar-refractivity contribution in [2.45, 2.75) is 0 Å². The fourth-order valence-corrected chi connectivity index (χ4v) is 2.32. The number of carbonyl (C=O) groups excluding carboxylic acids is 1. The summed E-state index contributed by atoms with van der Waals surface area (Å²) in [4.78, 5) is 12.3. The Morgan fingerprint density at radius 1 is 0.778 bits per heavy atom. The summed E-state index contributed by atoms with van der Waals surface area (Å²) < 4.78 is 26.1. The predicted molar refractivity (Wildman–Crippen MR) is 101 cm³/mol. The predicted octanol–water partition coefficient (Wildman–Crippen LogP) is 2.49. The molecule has 0 fully saturated rings. The first-order valence-corrected chi connectivity index (χ1v) is 7.92. The number of methoxy groups -OCH3 is 5. The van der Waals surface area contributed by atoms with Crippen molar-refractivity contribution in [1.82, 2.24) is 5.43 Å². The molecule has 2 aromatic rings. The average Bonchev–Trinajstić information content (AvgIpc) is 2.72. The van der Waals surface area contributed by atoms with Gasteiger partial charge in [0.25, 0.3) is 5.91 Å². The van der Waals surface area contributed by atoms with Crippen molar-refractivity contribution >= 4 is 12.1 Å². The lowest BCUT2D eigenvalue weighted by Crippen LogP contribution is -2.17. The molecule has 0 bridgehead atoms. The summed E-state index contributed by atoms with van der Waals surface area (Å²) in [6, 6.07) is 8.22. The van der Waals surface area contributed by atoms with Crippen molar-refractivity contribution in [2.24, 2.45) is 5.10 Å². The lowest BCUT2D eigenvalue weighted by Gasteiger charge is -2.11. The van der Waals surface area contributed by atoms with Crippen molar-refractivity contribution in [3.63, 3.8) is 0 Å². The summed E-state index contributed by atoms with van der Waals surface area (Å²) in [6.45, 7) is 0. The van der Waals surface area contributed by atoms with Crippen LogP contribution >= 0.6 is 0 Å². The molecule has 144 valence electrons. The third-order valence-corrected chi connectivity index (χ3v) is 3.72. The summed E-state index contributed by atoms with van der Waals surface area (Å²) in [5.74, 6) is 2.16. The Bertz CT molecular complexity index is 813. The Kier molecular flexibility index (Phi) is 6.87. The van der Waals surface area contributed by atoms with Gasteiger partial charge in [-0.05, 0) is 18.2 Å². The number of rotatable bonds is 8. The summed E-state index contributed by atoms with van der Waals surface area (Å²) in [5.41, 5.74) is 3.42. The molecule has 0 aliphatic carbocycles. The molecule has 0 saturated carbocycles. The van der Waals surface area contributed by atoms with E-state index in [-0.39, 0.29) is 0 Å². The number of hydrogen-bond donors (Lipinski definition) is 1. The van der Waals surface area contributed by atoms with E-state index in [4.69, 9.17) is 23.7 Å². The summed E-state index contributed by atoms with van der Waals surface area (Å²) in [5, 5.41) is 3.99. The monoisotopic (exact) mass is 374 g/mol. The Balaban J connectivity index is 2.21. The number of hydrogen-bond acceptors (Lipinski definition) is 7. The Morgan fingerprint density at radius 2 is 1.33 bits per heavy atom. The fraction of sp³-hybridized carbons (Fsp3) is 0.263. The first-order chi connectivity index (χ1) is 13.1. The van der Waals surface area contributed by atoms with Crippen LogP contribution in [0.25, 0.3) is 0 Å². The lowest BCUT2D eigenvalue weighted by molar-refractivity contribution is 0.0954. The van der Waals surface area contributed by atoms with Crippen molar-refractivity contribution in [1.29, 1.82) is 0 Å². The van der Waals surface area contributed by atoms with E-state index in [0.717, 1.165) is 0 Å². The normalized spacial score (nSPS) is 10.4. The van der Waals surface area contributed by atoms with Gasteiger partial charge in [0.1, 0.15) is 17.2 Å². The van der Waals surface area contributed by atoms with Gasteiger partial charge in [-0.15, -0.1) is 0 Å². The molecule has 2 aromatic carbocycles. The van der Waals surface area contributed by atoms with Crippen LogP contribution in [-0.2, 0) is 0 Å². The molecule has 0 heterocycles. The van der Waals surface area contributed by atoms with E-state index in [1.807, 2.05) is 0 Å². The number of nitrogens with one attached hydrogen (secondary N) is 1. The van der Waals surface area contributed by atoms with Crippen LogP contribution in [0.5, 0.6) is 28.7 Å². The van der Waals surface area contributed by atoms with Crippen LogP contribution in [0.15, 0.2) is 35.4 Å². The summed E-state index contributed by atoms with van der Waals surface area (Å²) >= 11 is 0. The number of carbonyl (C=O) groups is 1. The minimum absolute atomic E-state index is 0.350. The molecule has 1 N–H and O–H groups in total. The third kappa shape index (κ3) is 4.81. The molecule has 1 amide bonds. The highest BCUT2D eigenvalue weighted by Gasteiger charge is 2.12. The highest BCUT2D eigenvalue weighted by Crippen LogP contribution is 2.33. The average molecular weight is 374 g/mol. The second-order valence-corrected chi connectivity index (χ2v) is 5.25. The molecule has 0 aliphatic heterocycles. The van der Waals surface area contributed by atoms with E-state index in [9.17, 15) is 4.79 Å². The van der Waals surface area contributed by atoms with E-state index in [0.29, 0.717) is 39.9 Å². The van der Waals surface area contributed by atoms with Crippen molar-refractivity contribution in [3.8, 4) is 28.7 Å². The van der Waals surface area contributed by atoms with Gasteiger partial charge in [0.15, 0.2) is 11.5 Å². The van der Waals surface area contributed by atoms with Gasteiger partial charge in [-0.1, -0.05) is 0 Å². The second-order valence-electron chi connectivity index (χ2n) is 5.25. The van der Waals surface area contributed by atoms with Crippen molar-refractivity contribution in [3.05, 3.63) is 41.5 Å². The molecule has 27 heavy (non-hydrogen) atoms. The topological polar surface area (TPSA) is 87.6 Å². The van der Waals surface area contributed by atoms with Gasteiger partial charge < -0.3 is 23.7 Å². The summed E-state index contributed by atoms with van der Waals surface area (Å²) in [7, 11) is 7.62. The zero-order valence-electron chi connectivity index (χ0n) is 15.9. The molecule has 2 rings (SSSR count). The molecule has 0 aromatic heterocycles. The van der Waals surface area contributed by atoms with Gasteiger partial charge >= 0.3 is 0 Å². The number of hydrazone groups is 1. The highest BCUT2D eigenvalue weighted by molar-refractivity contribution is 5.96. The first-order valence-electron chi connectivity index (χ1n) is 7.92. The number of amides is 1. The fourth-order valence-electron chi connectivity index (χ4n) is 2.32. The van der Waals surface area contributed by atoms with Crippen LogP contribution in [0.3, 0.4) is 0 Å². The van der Waals surface area contributed by atoms with Crippen LogP contribution in [0, 0.1) is 0 Å². The van der Waals surface area contributed by atoms with Gasteiger partial charge in [0.05, 0.1) is 41.8 Å². The maximum Gasteiger partial charge on any atom is 0.271 e. The molecule has 0 aliphatic rings. The molecule has 0 atom stereocenters. The van der Waals surface area contributed by atoms with E-state index < -0.39 is 5.91 Å². The van der Waals surface area contributed by atoms with Gasteiger partial charge in [-0.3, -0.25) is 4.79 Å². The zero-order valence-corrected chi connectivity index (χ0v) is 15.9. The minimum atomic E-state index is -0.414. The number of benzene rings is 2. The molecule has 0 spiro atoms. The molecule has 0 radical (unpaired) electrons. The van der Waals surface area contributed by atoms with Crippen LogP contribution < -0.4 is 29.1 Å². The van der Waals surface area contributed by atoms with Crippen molar-refractivity contribution in [2.75, 3.05) is 35.5 Å². The molecule has 8 nitrogen and oxygen atoms in total. The molecular formula is C19H22N2O6. The quantitative estimate of drug-likeness (QED) is 0.564. The van der Waals surface area contributed by atoms with Gasteiger partial charge in [-0.25, -0.2) is 5.43 Å². The number of ether oxygens (including phenoxy) is 5. The minimum Gasteiger partial charge on any atom is -0.497 e. The van der Waals surface area contributed by atoms with Crippen LogP contribution in [0.4, 0.5) is 0 Å². The van der Waals surface area contributed by atoms with E-state index >= 15 is 0 Å². The molecule has 0 saturated heterocycles. The second kappa shape index (κ2) is 9.33. The standard InChI is InChI=1S/C19H22N2O6/c1-23-14-6-12(7-15(9-14)24-2)19(22)21-20-11-13-8-17(26-4)18(27-5)10-16(13)25-3/h6-11H,1-5H3,(H,21,22). The maximum atomic E-state index is 12.3. The number of nitrogens with zero attached hydrogens (tertiary/aromatic N) is 1. The van der Waals surface area contributed by atoms with E-state index in [1.54, 1.807) is 30.3 Å². The van der Waals surface area contributed by atoms with Crippen molar-refractivity contribution < 1.29 is 28.5 Å². The SMILES string of the molecule is COc1cc(OC)cc(C(=O)NN=Cc2cc(OC)c(OC)cc2OC)c1. The van der Waals surface area contributed by atoms with Crippen LogP contribution in [0.1, 0.15) is 15.9 Å². The maximum absolute atomic E-state index is 12.3. The van der Waals surface area contributed by atoms with E-state index in [2.05, 4.69) is 10.5 Å². The van der Waals surface area contributed by atoms with Crippen LogP contribution in [0.2, 0.25) is 0 Å². The van der Waals surface area contributed by atoms with Gasteiger partial charge in [0.2, 0.25) is 0 Å². The smallest absolute Gasteiger partial charge is 0.271 e. The van der Waals surface area contributed by atoms with Crippen LogP contribution in [-0.4, -0.2) is 47.7 Å². The van der Waals surface area contributed by atoms with E-state index in [1.165, 1.54) is 41.8 Å². The Hall–Kier alpha value is -3.42.